The molecule has 0 aliphatic carbocycles. The van der Waals surface area contributed by atoms with Crippen molar-refractivity contribution >= 4 is 11.6 Å². The fourth-order valence-corrected chi connectivity index (χ4v) is 3.71. The molecule has 1 aromatic carbocycles. The highest BCUT2D eigenvalue weighted by atomic mass is 16.5. The third kappa shape index (κ3) is 3.16. The van der Waals surface area contributed by atoms with Gasteiger partial charge in [-0.1, -0.05) is 18.2 Å². The summed E-state index contributed by atoms with van der Waals surface area (Å²) in [7, 11) is 0. The number of hydrogen-bond donors (Lipinski definition) is 3. The molecular formula is C18H25N5O2. The zero-order valence-electron chi connectivity index (χ0n) is 14.7. The molecule has 2 saturated heterocycles. The summed E-state index contributed by atoms with van der Waals surface area (Å²) in [5.41, 5.74) is 6.29. The van der Waals surface area contributed by atoms with Gasteiger partial charge in [-0.25, -0.2) is 5.43 Å². The van der Waals surface area contributed by atoms with E-state index in [9.17, 15) is 4.79 Å². The van der Waals surface area contributed by atoms with Crippen LogP contribution in [0.4, 0.5) is 5.69 Å². The molecule has 1 aromatic rings. The van der Waals surface area contributed by atoms with Crippen molar-refractivity contribution in [2.45, 2.75) is 38.8 Å². The van der Waals surface area contributed by atoms with Crippen molar-refractivity contribution in [1.82, 2.24) is 21.0 Å². The Labute approximate surface area is 148 Å². The summed E-state index contributed by atoms with van der Waals surface area (Å²) >= 11 is 0. The van der Waals surface area contributed by atoms with Crippen LogP contribution in [-0.4, -0.2) is 49.1 Å². The Balaban J connectivity index is 1.46. The Morgan fingerprint density at radius 1 is 1.32 bits per heavy atom. The molecule has 7 heteroatoms. The number of ether oxygens (including phenoxy) is 1. The average Bonchev–Trinajstić information content (AvgIpc) is 3.22. The number of aryl methyl sites for hydroxylation is 1. The average molecular weight is 343 g/mol. The van der Waals surface area contributed by atoms with Gasteiger partial charge < -0.3 is 10.1 Å². The SMILES string of the molecule is CCOC1CCN(C2NC(=O)C3=CN(c4ccccc4C)NC3N2)C1. The van der Waals surface area contributed by atoms with E-state index in [1.54, 1.807) is 0 Å². The lowest BCUT2D eigenvalue weighted by atomic mass is 10.2. The highest BCUT2D eigenvalue weighted by molar-refractivity contribution is 5.96. The largest absolute Gasteiger partial charge is 0.377 e. The van der Waals surface area contributed by atoms with Crippen molar-refractivity contribution in [3.05, 3.63) is 41.6 Å². The molecule has 7 nitrogen and oxygen atoms in total. The van der Waals surface area contributed by atoms with Gasteiger partial charge in [0.2, 0.25) is 0 Å². The van der Waals surface area contributed by atoms with Gasteiger partial charge in [-0.3, -0.25) is 20.0 Å². The van der Waals surface area contributed by atoms with E-state index in [4.69, 9.17) is 4.74 Å². The number of carbonyl (C=O) groups excluding carboxylic acids is 1. The number of benzene rings is 1. The van der Waals surface area contributed by atoms with E-state index in [0.717, 1.165) is 37.4 Å². The summed E-state index contributed by atoms with van der Waals surface area (Å²) in [4.78, 5) is 14.8. The Morgan fingerprint density at radius 3 is 2.96 bits per heavy atom. The first-order valence-electron chi connectivity index (χ1n) is 8.91. The van der Waals surface area contributed by atoms with Gasteiger partial charge in [0, 0.05) is 25.9 Å². The Kier molecular flexibility index (Phi) is 4.47. The second-order valence-corrected chi connectivity index (χ2v) is 6.71. The van der Waals surface area contributed by atoms with E-state index in [0.29, 0.717) is 5.57 Å². The zero-order chi connectivity index (χ0) is 17.4. The van der Waals surface area contributed by atoms with Crippen molar-refractivity contribution in [2.75, 3.05) is 24.7 Å². The number of para-hydroxylation sites is 1. The van der Waals surface area contributed by atoms with Crippen LogP contribution in [0.1, 0.15) is 18.9 Å². The molecule has 0 spiro atoms. The molecule has 3 atom stereocenters. The van der Waals surface area contributed by atoms with Crippen LogP contribution in [0.15, 0.2) is 36.0 Å². The minimum Gasteiger partial charge on any atom is -0.377 e. The van der Waals surface area contributed by atoms with Gasteiger partial charge in [-0.2, -0.15) is 0 Å². The standard InChI is InChI=1S/C18H25N5O2/c1-3-25-13-8-9-22(10-13)18-19-16-14(17(24)20-18)11-23(21-16)15-7-5-4-6-12(15)2/h4-7,11,13,16,18-19,21H,3,8-10H2,1-2H3,(H,20,24). The summed E-state index contributed by atoms with van der Waals surface area (Å²) in [6, 6.07) is 8.11. The maximum Gasteiger partial charge on any atom is 0.254 e. The molecule has 0 aromatic heterocycles. The minimum atomic E-state index is -0.190. The van der Waals surface area contributed by atoms with Gasteiger partial charge in [0.05, 0.1) is 17.4 Å². The number of carbonyl (C=O) groups is 1. The van der Waals surface area contributed by atoms with Crippen molar-refractivity contribution in [2.24, 2.45) is 0 Å². The summed E-state index contributed by atoms with van der Waals surface area (Å²) in [6.07, 6.45) is 2.76. The van der Waals surface area contributed by atoms with Crippen molar-refractivity contribution < 1.29 is 9.53 Å². The molecule has 3 unspecified atom stereocenters. The maximum absolute atomic E-state index is 12.6. The minimum absolute atomic E-state index is 0.0304. The predicted octanol–water partition coefficient (Wildman–Crippen LogP) is 0.643. The van der Waals surface area contributed by atoms with Crippen LogP contribution in [0, 0.1) is 6.92 Å². The molecule has 1 amide bonds. The van der Waals surface area contributed by atoms with Gasteiger partial charge in [0.1, 0.15) is 12.5 Å². The molecule has 0 bridgehead atoms. The molecule has 2 fully saturated rings. The Bertz CT molecular complexity index is 692. The van der Waals surface area contributed by atoms with E-state index < -0.39 is 0 Å². The normalized spacial score (nSPS) is 29.5. The van der Waals surface area contributed by atoms with E-state index in [-0.39, 0.29) is 24.5 Å². The van der Waals surface area contributed by atoms with Crippen LogP contribution in [0.2, 0.25) is 0 Å². The Morgan fingerprint density at radius 2 is 2.16 bits per heavy atom. The van der Waals surface area contributed by atoms with Crippen LogP contribution < -0.4 is 21.1 Å². The molecule has 0 saturated carbocycles. The lowest BCUT2D eigenvalue weighted by Gasteiger charge is -2.36. The highest BCUT2D eigenvalue weighted by Gasteiger charge is 2.40. The quantitative estimate of drug-likeness (QED) is 0.746. The van der Waals surface area contributed by atoms with E-state index in [1.807, 2.05) is 36.3 Å². The van der Waals surface area contributed by atoms with Gasteiger partial charge in [0.25, 0.3) is 5.91 Å². The number of rotatable bonds is 4. The van der Waals surface area contributed by atoms with Gasteiger partial charge >= 0.3 is 0 Å². The first kappa shape index (κ1) is 16.5. The second-order valence-electron chi connectivity index (χ2n) is 6.71. The van der Waals surface area contributed by atoms with Crippen LogP contribution in [-0.2, 0) is 9.53 Å². The van der Waals surface area contributed by atoms with Crippen LogP contribution in [0.3, 0.4) is 0 Å². The fourth-order valence-electron chi connectivity index (χ4n) is 3.71. The molecule has 3 aliphatic heterocycles. The third-order valence-corrected chi connectivity index (χ3v) is 5.02. The van der Waals surface area contributed by atoms with Crippen LogP contribution in [0.25, 0.3) is 0 Å². The highest BCUT2D eigenvalue weighted by Crippen LogP contribution is 2.25. The number of hydrazine groups is 1. The lowest BCUT2D eigenvalue weighted by Crippen LogP contribution is -2.66. The second kappa shape index (κ2) is 6.76. The van der Waals surface area contributed by atoms with Gasteiger partial charge in [-0.05, 0) is 31.9 Å². The van der Waals surface area contributed by atoms with E-state index in [1.165, 1.54) is 0 Å². The topological polar surface area (TPSA) is 68.9 Å². The molecule has 134 valence electrons. The molecule has 0 radical (unpaired) electrons. The lowest BCUT2D eigenvalue weighted by molar-refractivity contribution is -0.122. The summed E-state index contributed by atoms with van der Waals surface area (Å²) in [6.45, 7) is 6.55. The molecule has 3 heterocycles. The molecular weight excluding hydrogens is 318 g/mol. The van der Waals surface area contributed by atoms with Crippen LogP contribution >= 0.6 is 0 Å². The molecule has 4 rings (SSSR count). The predicted molar refractivity (Wildman–Crippen MR) is 95.3 cm³/mol. The van der Waals surface area contributed by atoms with Crippen molar-refractivity contribution in [3.8, 4) is 0 Å². The summed E-state index contributed by atoms with van der Waals surface area (Å²) in [5.74, 6) is -0.0304. The summed E-state index contributed by atoms with van der Waals surface area (Å²) in [5, 5.41) is 8.48. The maximum atomic E-state index is 12.6. The molecule has 3 N–H and O–H groups in total. The number of anilines is 1. The first-order valence-corrected chi connectivity index (χ1v) is 8.91. The number of amides is 1. The fraction of sp³-hybridized carbons (Fsp3) is 0.500. The molecule has 3 aliphatic rings. The van der Waals surface area contributed by atoms with E-state index >= 15 is 0 Å². The van der Waals surface area contributed by atoms with Crippen molar-refractivity contribution in [3.63, 3.8) is 0 Å². The van der Waals surface area contributed by atoms with E-state index in [2.05, 4.69) is 33.9 Å². The van der Waals surface area contributed by atoms with Gasteiger partial charge in [0.15, 0.2) is 0 Å². The number of nitrogens with one attached hydrogen (secondary N) is 3. The van der Waals surface area contributed by atoms with Crippen molar-refractivity contribution in [1.29, 1.82) is 0 Å². The summed E-state index contributed by atoms with van der Waals surface area (Å²) < 4.78 is 5.71. The van der Waals surface area contributed by atoms with Crippen LogP contribution in [0.5, 0.6) is 0 Å². The zero-order valence-corrected chi connectivity index (χ0v) is 14.7. The molecule has 25 heavy (non-hydrogen) atoms. The Hall–Kier alpha value is -1.93. The first-order chi connectivity index (χ1) is 12.2. The number of nitrogens with zero attached hydrogens (tertiary/aromatic N) is 2. The number of fused-ring (bicyclic) bond motifs is 1. The number of hydrogen-bond acceptors (Lipinski definition) is 6. The third-order valence-electron chi connectivity index (χ3n) is 5.02. The number of likely N-dealkylation sites (tertiary alicyclic amines) is 1. The van der Waals surface area contributed by atoms with Gasteiger partial charge in [-0.15, -0.1) is 0 Å². The smallest absolute Gasteiger partial charge is 0.254 e. The monoisotopic (exact) mass is 343 g/mol.